The highest BCUT2D eigenvalue weighted by molar-refractivity contribution is 5.92. The first-order valence-corrected chi connectivity index (χ1v) is 6.64. The number of furan rings is 1. The van der Waals surface area contributed by atoms with Gasteiger partial charge in [0.05, 0.1) is 12.0 Å². The van der Waals surface area contributed by atoms with Gasteiger partial charge in [-0.1, -0.05) is 30.3 Å². The highest BCUT2D eigenvalue weighted by Crippen LogP contribution is 2.23. The smallest absolute Gasteiger partial charge is 0.308 e. The first kappa shape index (κ1) is 14.8. The zero-order valence-corrected chi connectivity index (χ0v) is 11.9. The van der Waals surface area contributed by atoms with E-state index < -0.39 is 23.8 Å². The minimum atomic E-state index is -0.972. The molecule has 110 valence electrons. The van der Waals surface area contributed by atoms with Crippen molar-refractivity contribution in [2.24, 2.45) is 5.92 Å². The van der Waals surface area contributed by atoms with E-state index in [0.29, 0.717) is 5.76 Å². The zero-order chi connectivity index (χ0) is 15.4. The molecule has 0 fully saturated rings. The second-order valence-corrected chi connectivity index (χ2v) is 4.90. The number of hydrogen-bond donors (Lipinski definition) is 2. The normalized spacial score (nSPS) is 13.4. The van der Waals surface area contributed by atoms with E-state index in [9.17, 15) is 14.7 Å². The zero-order valence-electron chi connectivity index (χ0n) is 11.9. The molecule has 1 heterocycles. The lowest BCUT2D eigenvalue weighted by molar-refractivity contribution is -0.142. The summed E-state index contributed by atoms with van der Waals surface area (Å²) in [5.74, 6) is -1.36. The molecule has 2 atom stereocenters. The lowest BCUT2D eigenvalue weighted by Gasteiger charge is -2.22. The maximum absolute atomic E-state index is 12.2. The second kappa shape index (κ2) is 6.26. The molecule has 2 rings (SSSR count). The van der Waals surface area contributed by atoms with E-state index in [1.54, 1.807) is 50.2 Å². The number of aryl methyl sites for hydroxylation is 1. The molecule has 21 heavy (non-hydrogen) atoms. The summed E-state index contributed by atoms with van der Waals surface area (Å²) in [7, 11) is 0. The highest BCUT2D eigenvalue weighted by atomic mass is 16.4. The van der Waals surface area contributed by atoms with Gasteiger partial charge in [0.1, 0.15) is 5.76 Å². The Morgan fingerprint density at radius 2 is 1.81 bits per heavy atom. The molecular formula is C16H17NO4. The lowest BCUT2D eigenvalue weighted by Crippen LogP contribution is -2.35. The molecule has 1 aromatic carbocycles. The number of benzene rings is 1. The molecule has 0 aliphatic heterocycles. The van der Waals surface area contributed by atoms with Gasteiger partial charge in [-0.25, -0.2) is 0 Å². The number of amides is 1. The predicted molar refractivity (Wildman–Crippen MR) is 76.9 cm³/mol. The Morgan fingerprint density at radius 3 is 2.33 bits per heavy atom. The van der Waals surface area contributed by atoms with Gasteiger partial charge in [0, 0.05) is 0 Å². The summed E-state index contributed by atoms with van der Waals surface area (Å²) in [6, 6.07) is 11.7. The molecule has 0 saturated carbocycles. The summed E-state index contributed by atoms with van der Waals surface area (Å²) in [5, 5.41) is 12.0. The van der Waals surface area contributed by atoms with E-state index in [1.807, 2.05) is 6.07 Å². The Morgan fingerprint density at radius 1 is 1.14 bits per heavy atom. The molecule has 5 nitrogen and oxygen atoms in total. The van der Waals surface area contributed by atoms with Gasteiger partial charge in [-0.3, -0.25) is 9.59 Å². The largest absolute Gasteiger partial charge is 0.481 e. The minimum absolute atomic E-state index is 0.172. The Balaban J connectivity index is 2.24. The minimum Gasteiger partial charge on any atom is -0.481 e. The standard InChI is InChI=1S/C16H17NO4/c1-10-8-9-13(21-10)15(18)17-14(11(2)16(19)20)12-6-4-3-5-7-12/h3-9,11,14H,1-2H3,(H,17,18)(H,19,20). The third-order valence-corrected chi connectivity index (χ3v) is 3.30. The first-order valence-electron chi connectivity index (χ1n) is 6.64. The van der Waals surface area contributed by atoms with Gasteiger partial charge in [-0.15, -0.1) is 0 Å². The van der Waals surface area contributed by atoms with Gasteiger partial charge in [-0.05, 0) is 31.5 Å². The molecule has 5 heteroatoms. The van der Waals surface area contributed by atoms with Crippen LogP contribution < -0.4 is 5.32 Å². The lowest BCUT2D eigenvalue weighted by atomic mass is 9.94. The third-order valence-electron chi connectivity index (χ3n) is 3.30. The van der Waals surface area contributed by atoms with Crippen LogP contribution in [0, 0.1) is 12.8 Å². The second-order valence-electron chi connectivity index (χ2n) is 4.90. The summed E-state index contributed by atoms with van der Waals surface area (Å²) >= 11 is 0. The number of aliphatic carboxylic acids is 1. The number of nitrogens with one attached hydrogen (secondary N) is 1. The van der Waals surface area contributed by atoms with Crippen LogP contribution in [0.5, 0.6) is 0 Å². The van der Waals surface area contributed by atoms with E-state index in [0.717, 1.165) is 5.56 Å². The van der Waals surface area contributed by atoms with Gasteiger partial charge in [0.2, 0.25) is 0 Å². The Hall–Kier alpha value is -2.56. The average molecular weight is 287 g/mol. The van der Waals surface area contributed by atoms with Crippen molar-refractivity contribution in [3.8, 4) is 0 Å². The summed E-state index contributed by atoms with van der Waals surface area (Å²) in [6.45, 7) is 3.30. The Labute approximate surface area is 122 Å². The van der Waals surface area contributed by atoms with Crippen molar-refractivity contribution in [3.05, 3.63) is 59.5 Å². The monoisotopic (exact) mass is 287 g/mol. The van der Waals surface area contributed by atoms with Crippen LogP contribution >= 0.6 is 0 Å². The quantitative estimate of drug-likeness (QED) is 0.886. The fraction of sp³-hybridized carbons (Fsp3) is 0.250. The summed E-state index contributed by atoms with van der Waals surface area (Å²) in [5.41, 5.74) is 0.740. The molecule has 2 unspecified atom stereocenters. The number of carboxylic acids is 1. The summed E-state index contributed by atoms with van der Waals surface area (Å²) in [6.07, 6.45) is 0. The van der Waals surface area contributed by atoms with Crippen molar-refractivity contribution in [1.82, 2.24) is 5.32 Å². The topological polar surface area (TPSA) is 79.5 Å². The van der Waals surface area contributed by atoms with Crippen LogP contribution in [0.3, 0.4) is 0 Å². The van der Waals surface area contributed by atoms with Gasteiger partial charge in [0.25, 0.3) is 5.91 Å². The van der Waals surface area contributed by atoms with Crippen molar-refractivity contribution in [1.29, 1.82) is 0 Å². The van der Waals surface area contributed by atoms with Crippen molar-refractivity contribution in [2.45, 2.75) is 19.9 Å². The van der Waals surface area contributed by atoms with Gasteiger partial charge < -0.3 is 14.8 Å². The van der Waals surface area contributed by atoms with E-state index in [-0.39, 0.29) is 5.76 Å². The van der Waals surface area contributed by atoms with Crippen LogP contribution in [-0.4, -0.2) is 17.0 Å². The Bertz CT molecular complexity index is 633. The molecule has 2 N–H and O–H groups in total. The number of carbonyl (C=O) groups is 2. The van der Waals surface area contributed by atoms with E-state index in [4.69, 9.17) is 4.42 Å². The molecule has 1 amide bonds. The predicted octanol–water partition coefficient (Wildman–Crippen LogP) is 2.78. The summed E-state index contributed by atoms with van der Waals surface area (Å²) < 4.78 is 5.26. The molecule has 1 aromatic heterocycles. The number of carbonyl (C=O) groups excluding carboxylic acids is 1. The van der Waals surface area contributed by atoms with Crippen LogP contribution in [0.4, 0.5) is 0 Å². The van der Waals surface area contributed by atoms with Crippen LogP contribution in [0.1, 0.15) is 34.8 Å². The van der Waals surface area contributed by atoms with Crippen LogP contribution in [0.2, 0.25) is 0 Å². The van der Waals surface area contributed by atoms with Crippen molar-refractivity contribution >= 4 is 11.9 Å². The van der Waals surface area contributed by atoms with E-state index >= 15 is 0 Å². The molecular weight excluding hydrogens is 270 g/mol. The number of carboxylic acid groups (broad SMARTS) is 1. The fourth-order valence-corrected chi connectivity index (χ4v) is 2.07. The number of rotatable bonds is 5. The SMILES string of the molecule is Cc1ccc(C(=O)NC(c2ccccc2)C(C)C(=O)O)o1. The van der Waals surface area contributed by atoms with Crippen molar-refractivity contribution in [2.75, 3.05) is 0 Å². The van der Waals surface area contributed by atoms with Gasteiger partial charge in [-0.2, -0.15) is 0 Å². The maximum atomic E-state index is 12.2. The number of hydrogen-bond acceptors (Lipinski definition) is 3. The Kier molecular flexibility index (Phi) is 4.42. The molecule has 0 aliphatic rings. The summed E-state index contributed by atoms with van der Waals surface area (Å²) in [4.78, 5) is 23.4. The molecule has 0 spiro atoms. The van der Waals surface area contributed by atoms with Gasteiger partial charge in [0.15, 0.2) is 5.76 Å². The van der Waals surface area contributed by atoms with E-state index in [1.165, 1.54) is 0 Å². The van der Waals surface area contributed by atoms with Crippen molar-refractivity contribution in [3.63, 3.8) is 0 Å². The highest BCUT2D eigenvalue weighted by Gasteiger charge is 2.27. The molecule has 0 radical (unpaired) electrons. The average Bonchev–Trinajstić information content (AvgIpc) is 2.91. The fourth-order valence-electron chi connectivity index (χ4n) is 2.07. The van der Waals surface area contributed by atoms with E-state index in [2.05, 4.69) is 5.32 Å². The molecule has 0 aliphatic carbocycles. The van der Waals surface area contributed by atoms with Gasteiger partial charge >= 0.3 is 5.97 Å². The van der Waals surface area contributed by atoms with Crippen LogP contribution in [0.25, 0.3) is 0 Å². The maximum Gasteiger partial charge on any atom is 0.308 e. The molecule has 0 saturated heterocycles. The van der Waals surface area contributed by atoms with Crippen LogP contribution in [0.15, 0.2) is 46.9 Å². The first-order chi connectivity index (χ1) is 9.99. The molecule has 2 aromatic rings. The third kappa shape index (κ3) is 3.51. The van der Waals surface area contributed by atoms with Crippen LogP contribution in [-0.2, 0) is 4.79 Å². The molecule has 0 bridgehead atoms. The van der Waals surface area contributed by atoms with Crippen molar-refractivity contribution < 1.29 is 19.1 Å².